The number of aryl methyl sites for hydroxylation is 2. The van der Waals surface area contributed by atoms with E-state index in [1.54, 1.807) is 4.68 Å². The number of nitrogens with one attached hydrogen (secondary N) is 2. The number of rotatable bonds is 1. The minimum atomic E-state index is -0.242. The zero-order valence-electron chi connectivity index (χ0n) is 9.88. The molecule has 0 saturated carbocycles. The van der Waals surface area contributed by atoms with Crippen molar-refractivity contribution < 1.29 is 4.79 Å². The molecule has 0 bridgehead atoms. The number of hydrogen-bond donors (Lipinski definition) is 2. The van der Waals surface area contributed by atoms with Crippen molar-refractivity contribution in [1.29, 1.82) is 0 Å². The Morgan fingerprint density at radius 2 is 2.07 bits per heavy atom. The van der Waals surface area contributed by atoms with E-state index in [0.29, 0.717) is 5.82 Å². The molecule has 0 unspecified atom stereocenters. The van der Waals surface area contributed by atoms with Crippen LogP contribution in [0.15, 0.2) is 6.07 Å². The standard InChI is InChI=1S/C10H18N4O/c1-7-6-8(13-14(7)5)11-9(15)12-10(2,3)4/h6H,1-5H3,(H2,11,12,13,15). The van der Waals surface area contributed by atoms with Gasteiger partial charge >= 0.3 is 6.03 Å². The Balaban J connectivity index is 2.59. The van der Waals surface area contributed by atoms with Gasteiger partial charge in [-0.15, -0.1) is 0 Å². The summed E-state index contributed by atoms with van der Waals surface area (Å²) in [6.07, 6.45) is 0. The summed E-state index contributed by atoms with van der Waals surface area (Å²) in [5.41, 5.74) is 0.759. The monoisotopic (exact) mass is 210 g/mol. The smallest absolute Gasteiger partial charge is 0.320 e. The Morgan fingerprint density at radius 3 is 2.47 bits per heavy atom. The first-order valence-corrected chi connectivity index (χ1v) is 4.88. The molecule has 0 radical (unpaired) electrons. The average molecular weight is 210 g/mol. The highest BCUT2D eigenvalue weighted by atomic mass is 16.2. The largest absolute Gasteiger partial charge is 0.333 e. The maximum Gasteiger partial charge on any atom is 0.320 e. The van der Waals surface area contributed by atoms with Crippen molar-refractivity contribution in [2.45, 2.75) is 33.2 Å². The predicted molar refractivity (Wildman–Crippen MR) is 59.9 cm³/mol. The van der Waals surface area contributed by atoms with E-state index in [2.05, 4.69) is 15.7 Å². The summed E-state index contributed by atoms with van der Waals surface area (Å²) in [5, 5.41) is 9.60. The third-order valence-corrected chi connectivity index (χ3v) is 1.84. The summed E-state index contributed by atoms with van der Waals surface area (Å²) in [6, 6.07) is 1.59. The quantitative estimate of drug-likeness (QED) is 0.740. The Kier molecular flexibility index (Phi) is 3.02. The van der Waals surface area contributed by atoms with Gasteiger partial charge in [0.15, 0.2) is 5.82 Å². The van der Waals surface area contributed by atoms with E-state index >= 15 is 0 Å². The van der Waals surface area contributed by atoms with E-state index in [1.807, 2.05) is 40.8 Å². The summed E-state index contributed by atoms with van der Waals surface area (Å²) in [7, 11) is 1.84. The van der Waals surface area contributed by atoms with E-state index in [4.69, 9.17) is 0 Å². The van der Waals surface area contributed by atoms with Crippen molar-refractivity contribution in [3.8, 4) is 0 Å². The number of nitrogens with zero attached hydrogens (tertiary/aromatic N) is 2. The topological polar surface area (TPSA) is 59.0 Å². The number of aromatic nitrogens is 2. The molecule has 0 aliphatic rings. The molecule has 1 aromatic heterocycles. The minimum absolute atomic E-state index is 0.236. The Hall–Kier alpha value is -1.52. The van der Waals surface area contributed by atoms with E-state index in [-0.39, 0.29) is 11.6 Å². The summed E-state index contributed by atoms with van der Waals surface area (Å²) >= 11 is 0. The highest BCUT2D eigenvalue weighted by molar-refractivity contribution is 5.88. The van der Waals surface area contributed by atoms with Gasteiger partial charge in [-0.25, -0.2) is 4.79 Å². The van der Waals surface area contributed by atoms with Gasteiger partial charge in [-0.3, -0.25) is 10.00 Å². The molecule has 2 amide bonds. The van der Waals surface area contributed by atoms with Gasteiger partial charge in [0.25, 0.3) is 0 Å². The summed E-state index contributed by atoms with van der Waals surface area (Å²) in [5.74, 6) is 0.566. The fraction of sp³-hybridized carbons (Fsp3) is 0.600. The lowest BCUT2D eigenvalue weighted by atomic mass is 10.1. The van der Waals surface area contributed by atoms with Crippen molar-refractivity contribution in [3.63, 3.8) is 0 Å². The maximum absolute atomic E-state index is 11.5. The summed E-state index contributed by atoms with van der Waals surface area (Å²) in [4.78, 5) is 11.5. The fourth-order valence-corrected chi connectivity index (χ4v) is 1.11. The van der Waals surface area contributed by atoms with Gasteiger partial charge in [-0.2, -0.15) is 5.10 Å². The van der Waals surface area contributed by atoms with Gasteiger partial charge in [0.1, 0.15) is 0 Å². The highest BCUT2D eigenvalue weighted by Crippen LogP contribution is 2.07. The van der Waals surface area contributed by atoms with Gasteiger partial charge in [0.2, 0.25) is 0 Å². The molecule has 0 saturated heterocycles. The van der Waals surface area contributed by atoms with E-state index in [1.165, 1.54) is 0 Å². The van der Waals surface area contributed by atoms with Crippen LogP contribution in [-0.2, 0) is 7.05 Å². The van der Waals surface area contributed by atoms with Crippen molar-refractivity contribution in [2.75, 3.05) is 5.32 Å². The molecule has 0 atom stereocenters. The fourth-order valence-electron chi connectivity index (χ4n) is 1.11. The van der Waals surface area contributed by atoms with Crippen LogP contribution in [0.4, 0.5) is 10.6 Å². The van der Waals surface area contributed by atoms with Crippen molar-refractivity contribution in [3.05, 3.63) is 11.8 Å². The van der Waals surface area contributed by atoms with Gasteiger partial charge in [-0.1, -0.05) is 0 Å². The zero-order chi connectivity index (χ0) is 11.6. The summed E-state index contributed by atoms with van der Waals surface area (Å²) < 4.78 is 1.71. The number of hydrogen-bond acceptors (Lipinski definition) is 2. The predicted octanol–water partition coefficient (Wildman–Crippen LogP) is 1.65. The number of carbonyl (C=O) groups is 1. The zero-order valence-corrected chi connectivity index (χ0v) is 9.88. The van der Waals surface area contributed by atoms with Gasteiger partial charge in [0, 0.05) is 24.3 Å². The molecule has 1 heterocycles. The first-order chi connectivity index (χ1) is 6.78. The molecule has 1 aromatic rings. The minimum Gasteiger partial charge on any atom is -0.333 e. The number of carbonyl (C=O) groups excluding carboxylic acids is 1. The van der Waals surface area contributed by atoms with E-state index in [9.17, 15) is 4.79 Å². The Bertz CT molecular complexity index is 342. The molecular weight excluding hydrogens is 192 g/mol. The van der Waals surface area contributed by atoms with Crippen molar-refractivity contribution in [1.82, 2.24) is 15.1 Å². The molecule has 0 aliphatic carbocycles. The Morgan fingerprint density at radius 1 is 1.47 bits per heavy atom. The van der Waals surface area contributed by atoms with Crippen LogP contribution < -0.4 is 10.6 Å². The van der Waals surface area contributed by atoms with Crippen LogP contribution in [0.2, 0.25) is 0 Å². The molecule has 0 aromatic carbocycles. The van der Waals surface area contributed by atoms with Crippen LogP contribution in [-0.4, -0.2) is 21.4 Å². The van der Waals surface area contributed by atoms with E-state index in [0.717, 1.165) is 5.69 Å². The molecule has 15 heavy (non-hydrogen) atoms. The second-order valence-corrected chi connectivity index (χ2v) is 4.62. The Labute approximate surface area is 89.9 Å². The first-order valence-electron chi connectivity index (χ1n) is 4.88. The molecular formula is C10H18N4O. The number of urea groups is 1. The second-order valence-electron chi connectivity index (χ2n) is 4.62. The van der Waals surface area contributed by atoms with Crippen LogP contribution in [0.1, 0.15) is 26.5 Å². The molecule has 1 rings (SSSR count). The van der Waals surface area contributed by atoms with Gasteiger partial charge < -0.3 is 5.32 Å². The first kappa shape index (κ1) is 11.6. The maximum atomic E-state index is 11.5. The lowest BCUT2D eigenvalue weighted by molar-refractivity contribution is 0.243. The summed E-state index contributed by atoms with van der Waals surface area (Å²) in [6.45, 7) is 7.71. The third kappa shape index (κ3) is 3.61. The van der Waals surface area contributed by atoms with Gasteiger partial charge in [-0.05, 0) is 27.7 Å². The molecule has 0 aliphatic heterocycles. The number of anilines is 1. The van der Waals surface area contributed by atoms with Crippen LogP contribution >= 0.6 is 0 Å². The molecule has 2 N–H and O–H groups in total. The third-order valence-electron chi connectivity index (χ3n) is 1.84. The van der Waals surface area contributed by atoms with E-state index < -0.39 is 0 Å². The second kappa shape index (κ2) is 3.92. The normalized spacial score (nSPS) is 11.3. The van der Waals surface area contributed by atoms with Crippen molar-refractivity contribution in [2.24, 2.45) is 7.05 Å². The molecule has 84 valence electrons. The lowest BCUT2D eigenvalue weighted by Crippen LogP contribution is -2.43. The molecule has 0 fully saturated rings. The molecule has 5 heteroatoms. The van der Waals surface area contributed by atoms with Gasteiger partial charge in [0.05, 0.1) is 0 Å². The van der Waals surface area contributed by atoms with Crippen LogP contribution in [0.3, 0.4) is 0 Å². The highest BCUT2D eigenvalue weighted by Gasteiger charge is 2.14. The lowest BCUT2D eigenvalue weighted by Gasteiger charge is -2.20. The van der Waals surface area contributed by atoms with Crippen LogP contribution in [0, 0.1) is 6.92 Å². The van der Waals surface area contributed by atoms with Crippen LogP contribution in [0.25, 0.3) is 0 Å². The van der Waals surface area contributed by atoms with Crippen molar-refractivity contribution >= 4 is 11.8 Å². The molecule has 0 spiro atoms. The SMILES string of the molecule is Cc1cc(NC(=O)NC(C)(C)C)nn1C. The average Bonchev–Trinajstić information content (AvgIpc) is 2.26. The van der Waals surface area contributed by atoms with Crippen LogP contribution in [0.5, 0.6) is 0 Å². The molecule has 5 nitrogen and oxygen atoms in total. The number of amides is 2.